The number of carboxylic acid groups (broad SMARTS) is 1. The van der Waals surface area contributed by atoms with Gasteiger partial charge >= 0.3 is 5.97 Å². The molecule has 2 unspecified atom stereocenters. The molecule has 82 valence electrons. The van der Waals surface area contributed by atoms with Gasteiger partial charge in [-0.25, -0.2) is 4.68 Å². The molecule has 0 aliphatic heterocycles. The van der Waals surface area contributed by atoms with Crippen LogP contribution in [0.2, 0.25) is 0 Å². The van der Waals surface area contributed by atoms with E-state index in [1.807, 2.05) is 0 Å². The summed E-state index contributed by atoms with van der Waals surface area (Å²) in [4.78, 5) is 10.6. The minimum Gasteiger partial charge on any atom is -0.480 e. The van der Waals surface area contributed by atoms with Crippen molar-refractivity contribution in [2.24, 2.45) is 5.92 Å². The highest BCUT2D eigenvalue weighted by Gasteiger charge is 2.29. The lowest BCUT2D eigenvalue weighted by Crippen LogP contribution is -2.17. The summed E-state index contributed by atoms with van der Waals surface area (Å²) in [7, 11) is 0. The Hall–Kier alpha value is -1.46. The van der Waals surface area contributed by atoms with Gasteiger partial charge in [-0.2, -0.15) is 0 Å². The van der Waals surface area contributed by atoms with Crippen LogP contribution in [0.15, 0.2) is 0 Å². The van der Waals surface area contributed by atoms with Crippen molar-refractivity contribution in [1.29, 1.82) is 0 Å². The van der Waals surface area contributed by atoms with Crippen molar-refractivity contribution in [3.05, 3.63) is 5.82 Å². The Morgan fingerprint density at radius 2 is 2.40 bits per heavy atom. The molecule has 1 aliphatic rings. The van der Waals surface area contributed by atoms with Crippen molar-refractivity contribution >= 4 is 5.97 Å². The molecule has 0 bridgehead atoms. The Morgan fingerprint density at radius 3 is 3.00 bits per heavy atom. The lowest BCUT2D eigenvalue weighted by Gasteiger charge is -2.13. The summed E-state index contributed by atoms with van der Waals surface area (Å²) in [6, 6.07) is 0. The molecule has 1 saturated carbocycles. The van der Waals surface area contributed by atoms with Crippen molar-refractivity contribution in [1.82, 2.24) is 20.2 Å². The van der Waals surface area contributed by atoms with Crippen LogP contribution >= 0.6 is 0 Å². The zero-order valence-corrected chi connectivity index (χ0v) is 8.63. The van der Waals surface area contributed by atoms with E-state index in [0.29, 0.717) is 11.8 Å². The first-order valence-corrected chi connectivity index (χ1v) is 5.16. The molecule has 0 amide bonds. The van der Waals surface area contributed by atoms with Crippen molar-refractivity contribution < 1.29 is 9.90 Å². The Balaban J connectivity index is 2.20. The van der Waals surface area contributed by atoms with Crippen LogP contribution in [-0.4, -0.2) is 31.3 Å². The SMILES string of the molecule is CC1CCCC1c1nnnn1CC(=O)O. The van der Waals surface area contributed by atoms with E-state index in [-0.39, 0.29) is 6.54 Å². The summed E-state index contributed by atoms with van der Waals surface area (Å²) in [5.41, 5.74) is 0. The molecular weight excluding hydrogens is 196 g/mol. The minimum atomic E-state index is -0.908. The van der Waals surface area contributed by atoms with Crippen LogP contribution in [0, 0.1) is 5.92 Å². The van der Waals surface area contributed by atoms with Gasteiger partial charge in [-0.05, 0) is 29.2 Å². The quantitative estimate of drug-likeness (QED) is 0.792. The van der Waals surface area contributed by atoms with Crippen LogP contribution < -0.4 is 0 Å². The molecule has 2 atom stereocenters. The first-order valence-electron chi connectivity index (χ1n) is 5.16. The highest BCUT2D eigenvalue weighted by Crippen LogP contribution is 2.37. The molecule has 1 heterocycles. The van der Waals surface area contributed by atoms with Gasteiger partial charge in [0.15, 0.2) is 5.82 Å². The van der Waals surface area contributed by atoms with Gasteiger partial charge in [-0.3, -0.25) is 4.79 Å². The Kier molecular flexibility index (Phi) is 2.66. The van der Waals surface area contributed by atoms with Crippen molar-refractivity contribution in [2.45, 2.75) is 38.6 Å². The average Bonchev–Trinajstić information content (AvgIpc) is 2.73. The van der Waals surface area contributed by atoms with Gasteiger partial charge < -0.3 is 5.11 Å². The van der Waals surface area contributed by atoms with E-state index in [1.165, 1.54) is 17.5 Å². The van der Waals surface area contributed by atoms with Crippen LogP contribution in [-0.2, 0) is 11.3 Å². The van der Waals surface area contributed by atoms with Crippen LogP contribution in [0.4, 0.5) is 0 Å². The van der Waals surface area contributed by atoms with Gasteiger partial charge in [0, 0.05) is 5.92 Å². The molecule has 15 heavy (non-hydrogen) atoms. The number of nitrogens with zero attached hydrogens (tertiary/aromatic N) is 4. The molecule has 0 aromatic carbocycles. The topological polar surface area (TPSA) is 80.9 Å². The predicted octanol–water partition coefficient (Wildman–Crippen LogP) is 0.661. The average molecular weight is 210 g/mol. The largest absolute Gasteiger partial charge is 0.480 e. The van der Waals surface area contributed by atoms with E-state index in [1.54, 1.807) is 0 Å². The standard InChI is InChI=1S/C9H14N4O2/c1-6-3-2-4-7(6)9-10-11-12-13(9)5-8(14)15/h6-7H,2-5H2,1H3,(H,14,15). The summed E-state index contributed by atoms with van der Waals surface area (Å²) < 4.78 is 1.40. The minimum absolute atomic E-state index is 0.147. The normalized spacial score (nSPS) is 25.7. The molecule has 0 spiro atoms. The molecule has 0 saturated heterocycles. The molecule has 1 aliphatic carbocycles. The number of tetrazole rings is 1. The summed E-state index contributed by atoms with van der Waals surface area (Å²) in [5.74, 6) is 0.680. The maximum absolute atomic E-state index is 10.6. The van der Waals surface area contributed by atoms with E-state index in [0.717, 1.165) is 12.2 Å². The van der Waals surface area contributed by atoms with Crippen LogP contribution in [0.25, 0.3) is 0 Å². The van der Waals surface area contributed by atoms with Gasteiger partial charge in [0.05, 0.1) is 0 Å². The predicted molar refractivity (Wildman–Crippen MR) is 51.2 cm³/mol. The first kappa shape index (κ1) is 10.1. The molecule has 6 heteroatoms. The number of hydrogen-bond donors (Lipinski definition) is 1. The highest BCUT2D eigenvalue weighted by molar-refractivity contribution is 5.66. The molecule has 1 N–H and O–H groups in total. The number of hydrogen-bond acceptors (Lipinski definition) is 4. The van der Waals surface area contributed by atoms with Gasteiger partial charge in [0.25, 0.3) is 0 Å². The third-order valence-electron chi connectivity index (χ3n) is 3.04. The lowest BCUT2D eigenvalue weighted by atomic mass is 9.97. The van der Waals surface area contributed by atoms with Crippen molar-refractivity contribution in [2.75, 3.05) is 0 Å². The van der Waals surface area contributed by atoms with Crippen molar-refractivity contribution in [3.8, 4) is 0 Å². The number of aliphatic carboxylic acids is 1. The monoisotopic (exact) mass is 210 g/mol. The Labute approximate surface area is 87.3 Å². The molecule has 0 radical (unpaired) electrons. The van der Waals surface area contributed by atoms with Crippen LogP contribution in [0.5, 0.6) is 0 Å². The second-order valence-electron chi connectivity index (χ2n) is 4.10. The number of rotatable bonds is 3. The smallest absolute Gasteiger partial charge is 0.325 e. The molecule has 2 rings (SSSR count). The van der Waals surface area contributed by atoms with E-state index in [9.17, 15) is 4.79 Å². The Bertz CT molecular complexity index is 363. The molecule has 1 aromatic heterocycles. The summed E-state index contributed by atoms with van der Waals surface area (Å²) in [6.45, 7) is 2.02. The van der Waals surface area contributed by atoms with Gasteiger partial charge in [0.1, 0.15) is 6.54 Å². The molecule has 1 fully saturated rings. The van der Waals surface area contributed by atoms with Gasteiger partial charge in [-0.1, -0.05) is 13.3 Å². The fourth-order valence-corrected chi connectivity index (χ4v) is 2.25. The fourth-order valence-electron chi connectivity index (χ4n) is 2.25. The number of carbonyl (C=O) groups is 1. The van der Waals surface area contributed by atoms with Crippen LogP contribution in [0.3, 0.4) is 0 Å². The second-order valence-corrected chi connectivity index (χ2v) is 4.10. The van der Waals surface area contributed by atoms with E-state index < -0.39 is 5.97 Å². The molecule has 1 aromatic rings. The zero-order valence-electron chi connectivity index (χ0n) is 8.63. The Morgan fingerprint density at radius 1 is 1.60 bits per heavy atom. The maximum atomic E-state index is 10.6. The van der Waals surface area contributed by atoms with Crippen LogP contribution in [0.1, 0.15) is 37.9 Å². The van der Waals surface area contributed by atoms with Crippen molar-refractivity contribution in [3.63, 3.8) is 0 Å². The maximum Gasteiger partial charge on any atom is 0.325 e. The van der Waals surface area contributed by atoms with Gasteiger partial charge in [-0.15, -0.1) is 5.10 Å². The fraction of sp³-hybridized carbons (Fsp3) is 0.778. The van der Waals surface area contributed by atoms with E-state index in [4.69, 9.17) is 5.11 Å². The highest BCUT2D eigenvalue weighted by atomic mass is 16.4. The number of carboxylic acids is 1. The van der Waals surface area contributed by atoms with E-state index in [2.05, 4.69) is 22.4 Å². The summed E-state index contributed by atoms with van der Waals surface area (Å²) >= 11 is 0. The third kappa shape index (κ3) is 1.98. The second kappa shape index (κ2) is 3.96. The third-order valence-corrected chi connectivity index (χ3v) is 3.04. The lowest BCUT2D eigenvalue weighted by molar-refractivity contribution is -0.138. The number of aromatic nitrogens is 4. The summed E-state index contributed by atoms with van der Waals surface area (Å²) in [5, 5.41) is 19.9. The van der Waals surface area contributed by atoms with Gasteiger partial charge in [0.2, 0.25) is 0 Å². The zero-order chi connectivity index (χ0) is 10.8. The molecule has 6 nitrogen and oxygen atoms in total. The molecular formula is C9H14N4O2. The first-order chi connectivity index (χ1) is 7.18. The van der Waals surface area contributed by atoms with E-state index >= 15 is 0 Å². The summed E-state index contributed by atoms with van der Waals surface area (Å²) in [6.07, 6.45) is 3.40.